The van der Waals surface area contributed by atoms with Crippen molar-refractivity contribution in [3.05, 3.63) is 113 Å². The number of benzene rings is 4. The van der Waals surface area contributed by atoms with Gasteiger partial charge in [-0.3, -0.25) is 9.59 Å². The Balaban J connectivity index is 1.45. The summed E-state index contributed by atoms with van der Waals surface area (Å²) < 4.78 is 6.66. The molecule has 0 fully saturated rings. The first kappa shape index (κ1) is 26.9. The summed E-state index contributed by atoms with van der Waals surface area (Å²) in [7, 11) is 0. The summed E-state index contributed by atoms with van der Waals surface area (Å²) in [6, 6.07) is 29.5. The lowest BCUT2D eigenvalue weighted by atomic mass is 10.1. The SMILES string of the molecule is CC(C)CCOc1ccc(Br)cc1C(=O)Nc1ccccc1C(=O)Nc1ccc(Nc2ccccc2)cc1. The number of carbonyl (C=O) groups is 2. The highest BCUT2D eigenvalue weighted by atomic mass is 79.9. The third-order valence-corrected chi connectivity index (χ3v) is 6.26. The van der Waals surface area contributed by atoms with Gasteiger partial charge in [-0.2, -0.15) is 0 Å². The lowest BCUT2D eigenvalue weighted by Gasteiger charge is -2.15. The highest BCUT2D eigenvalue weighted by Gasteiger charge is 2.18. The third-order valence-electron chi connectivity index (χ3n) is 5.76. The van der Waals surface area contributed by atoms with Crippen LogP contribution in [0.4, 0.5) is 22.7 Å². The maximum absolute atomic E-state index is 13.3. The molecule has 0 aliphatic rings. The molecule has 0 saturated carbocycles. The molecule has 0 spiro atoms. The Bertz CT molecular complexity index is 1390. The number of para-hydroxylation sites is 2. The van der Waals surface area contributed by atoms with Crippen LogP contribution in [0, 0.1) is 5.92 Å². The number of nitrogens with one attached hydrogen (secondary N) is 3. The summed E-state index contributed by atoms with van der Waals surface area (Å²) in [5, 5.41) is 9.11. The topological polar surface area (TPSA) is 79.5 Å². The normalized spacial score (nSPS) is 10.6. The van der Waals surface area contributed by atoms with E-state index in [9.17, 15) is 9.59 Å². The summed E-state index contributed by atoms with van der Waals surface area (Å²) in [5.74, 6) is 0.302. The van der Waals surface area contributed by atoms with E-state index in [0.29, 0.717) is 40.8 Å². The second-order valence-electron chi connectivity index (χ2n) is 9.19. The van der Waals surface area contributed by atoms with Crippen LogP contribution in [0.1, 0.15) is 41.0 Å². The maximum Gasteiger partial charge on any atom is 0.259 e. The van der Waals surface area contributed by atoms with E-state index >= 15 is 0 Å². The van der Waals surface area contributed by atoms with Gasteiger partial charge in [-0.25, -0.2) is 0 Å². The van der Waals surface area contributed by atoms with Crippen molar-refractivity contribution in [3.63, 3.8) is 0 Å². The van der Waals surface area contributed by atoms with Gasteiger partial charge in [0.15, 0.2) is 0 Å². The summed E-state index contributed by atoms with van der Waals surface area (Å²) in [4.78, 5) is 26.4. The summed E-state index contributed by atoms with van der Waals surface area (Å²) in [6.45, 7) is 4.76. The molecule has 7 heteroatoms. The Kier molecular flexibility index (Phi) is 9.16. The number of anilines is 4. The molecule has 0 bridgehead atoms. The van der Waals surface area contributed by atoms with Gasteiger partial charge in [0.25, 0.3) is 11.8 Å². The van der Waals surface area contributed by atoms with Crippen molar-refractivity contribution in [2.45, 2.75) is 20.3 Å². The Morgan fingerprint density at radius 1 is 0.737 bits per heavy atom. The molecule has 38 heavy (non-hydrogen) atoms. The second kappa shape index (κ2) is 12.9. The van der Waals surface area contributed by atoms with E-state index in [4.69, 9.17) is 4.74 Å². The number of carbonyl (C=O) groups excluding carboxylic acids is 2. The lowest BCUT2D eigenvalue weighted by molar-refractivity contribution is 0.102. The minimum absolute atomic E-state index is 0.327. The fourth-order valence-electron chi connectivity index (χ4n) is 3.71. The zero-order valence-corrected chi connectivity index (χ0v) is 22.9. The molecule has 4 aromatic rings. The van der Waals surface area contributed by atoms with Crippen molar-refractivity contribution < 1.29 is 14.3 Å². The van der Waals surface area contributed by atoms with E-state index < -0.39 is 0 Å². The molecular formula is C31H30BrN3O3. The van der Waals surface area contributed by atoms with Gasteiger partial charge in [-0.1, -0.05) is 60.1 Å². The summed E-state index contributed by atoms with van der Waals surface area (Å²) in [6.07, 6.45) is 0.878. The average molecular weight is 573 g/mol. The molecule has 3 N–H and O–H groups in total. The van der Waals surface area contributed by atoms with Gasteiger partial charge < -0.3 is 20.7 Å². The fourth-order valence-corrected chi connectivity index (χ4v) is 4.07. The average Bonchev–Trinajstić information content (AvgIpc) is 2.91. The highest BCUT2D eigenvalue weighted by Crippen LogP contribution is 2.26. The van der Waals surface area contributed by atoms with Gasteiger partial charge in [-0.15, -0.1) is 0 Å². The molecule has 6 nitrogen and oxygen atoms in total. The molecule has 0 atom stereocenters. The van der Waals surface area contributed by atoms with Gasteiger partial charge in [0, 0.05) is 21.5 Å². The van der Waals surface area contributed by atoms with Crippen LogP contribution in [0.3, 0.4) is 0 Å². The van der Waals surface area contributed by atoms with Gasteiger partial charge in [0.2, 0.25) is 0 Å². The van der Waals surface area contributed by atoms with Crippen molar-refractivity contribution in [2.75, 3.05) is 22.6 Å². The van der Waals surface area contributed by atoms with Crippen LogP contribution in [0.25, 0.3) is 0 Å². The smallest absolute Gasteiger partial charge is 0.259 e. The fraction of sp³-hybridized carbons (Fsp3) is 0.161. The molecule has 194 valence electrons. The molecule has 2 amide bonds. The van der Waals surface area contributed by atoms with Crippen molar-refractivity contribution in [1.82, 2.24) is 0 Å². The van der Waals surface area contributed by atoms with Crippen LogP contribution >= 0.6 is 15.9 Å². The Labute approximate surface area is 231 Å². The summed E-state index contributed by atoms with van der Waals surface area (Å²) >= 11 is 3.44. The Morgan fingerprint density at radius 2 is 1.37 bits per heavy atom. The number of hydrogen-bond donors (Lipinski definition) is 3. The molecule has 4 aromatic carbocycles. The molecule has 0 aliphatic heterocycles. The van der Waals surface area contributed by atoms with Crippen molar-refractivity contribution in [1.29, 1.82) is 0 Å². The number of hydrogen-bond acceptors (Lipinski definition) is 4. The van der Waals surface area contributed by atoms with E-state index in [2.05, 4.69) is 45.7 Å². The quantitative estimate of drug-likeness (QED) is 0.179. The van der Waals surface area contributed by atoms with E-state index in [0.717, 1.165) is 22.3 Å². The Morgan fingerprint density at radius 3 is 2.11 bits per heavy atom. The maximum atomic E-state index is 13.3. The lowest BCUT2D eigenvalue weighted by Crippen LogP contribution is -2.19. The molecule has 0 saturated heterocycles. The number of ether oxygens (including phenoxy) is 1. The first-order valence-electron chi connectivity index (χ1n) is 12.5. The third kappa shape index (κ3) is 7.46. The van der Waals surface area contributed by atoms with E-state index in [1.165, 1.54) is 0 Å². The van der Waals surface area contributed by atoms with Crippen molar-refractivity contribution in [2.24, 2.45) is 5.92 Å². The number of amides is 2. The predicted molar refractivity (Wildman–Crippen MR) is 158 cm³/mol. The van der Waals surface area contributed by atoms with Gasteiger partial charge in [0.05, 0.1) is 23.4 Å². The minimum atomic E-state index is -0.359. The minimum Gasteiger partial charge on any atom is -0.493 e. The van der Waals surface area contributed by atoms with Crippen LogP contribution in [-0.2, 0) is 0 Å². The second-order valence-corrected chi connectivity index (χ2v) is 10.1. The van der Waals surface area contributed by atoms with Crippen molar-refractivity contribution in [3.8, 4) is 5.75 Å². The number of rotatable bonds is 10. The van der Waals surface area contributed by atoms with Crippen molar-refractivity contribution >= 4 is 50.5 Å². The molecule has 0 radical (unpaired) electrons. The van der Waals surface area contributed by atoms with E-state index in [1.807, 2.05) is 60.7 Å². The molecular weight excluding hydrogens is 542 g/mol. The van der Waals surface area contributed by atoms with Gasteiger partial charge in [0.1, 0.15) is 5.75 Å². The first-order valence-corrected chi connectivity index (χ1v) is 13.2. The van der Waals surface area contributed by atoms with Crippen LogP contribution in [0.15, 0.2) is 102 Å². The predicted octanol–water partition coefficient (Wildman–Crippen LogP) is 8.12. The van der Waals surface area contributed by atoms with Gasteiger partial charge >= 0.3 is 0 Å². The van der Waals surface area contributed by atoms with E-state index in [1.54, 1.807) is 36.4 Å². The molecule has 0 heterocycles. The largest absolute Gasteiger partial charge is 0.493 e. The Hall–Kier alpha value is -4.10. The first-order chi connectivity index (χ1) is 18.4. The molecule has 0 aromatic heterocycles. The van der Waals surface area contributed by atoms with Gasteiger partial charge in [-0.05, 0) is 79.1 Å². The number of halogens is 1. The zero-order chi connectivity index (χ0) is 26.9. The monoisotopic (exact) mass is 571 g/mol. The molecule has 0 aliphatic carbocycles. The van der Waals surface area contributed by atoms with Crippen LogP contribution in [-0.4, -0.2) is 18.4 Å². The summed E-state index contributed by atoms with van der Waals surface area (Å²) in [5.41, 5.74) is 3.67. The molecule has 4 rings (SSSR count). The standard InChI is InChI=1S/C31H30BrN3O3/c1-21(2)18-19-38-29-17-12-22(32)20-27(29)31(37)35-28-11-7-6-10-26(28)30(36)34-25-15-13-24(14-16-25)33-23-8-4-3-5-9-23/h3-17,20-21,33H,18-19H2,1-2H3,(H,34,36)(H,35,37). The zero-order valence-electron chi connectivity index (χ0n) is 21.3. The molecule has 0 unspecified atom stereocenters. The van der Waals surface area contributed by atoms with E-state index in [-0.39, 0.29) is 11.8 Å². The highest BCUT2D eigenvalue weighted by molar-refractivity contribution is 9.10. The van der Waals surface area contributed by atoms with Crippen LogP contribution in [0.5, 0.6) is 5.75 Å². The van der Waals surface area contributed by atoms with Crippen LogP contribution in [0.2, 0.25) is 0 Å². The van der Waals surface area contributed by atoms with Crippen LogP contribution < -0.4 is 20.7 Å².